The Balaban J connectivity index is 1.10. The Kier molecular flexibility index (Phi) is 11.9. The molecule has 0 spiro atoms. The van der Waals surface area contributed by atoms with Crippen molar-refractivity contribution < 1.29 is 0 Å². The highest BCUT2D eigenvalue weighted by molar-refractivity contribution is 5.86. The summed E-state index contributed by atoms with van der Waals surface area (Å²) in [5, 5.41) is 0. The maximum Gasteiger partial charge on any atom is 0.0482 e. The Labute approximate surface area is 366 Å². The van der Waals surface area contributed by atoms with Crippen LogP contribution in [0, 0.1) is 0 Å². The van der Waals surface area contributed by atoms with Gasteiger partial charge in [-0.3, -0.25) is 0 Å². The van der Waals surface area contributed by atoms with Gasteiger partial charge in [0.05, 0.1) is 0 Å². The van der Waals surface area contributed by atoms with Crippen molar-refractivity contribution in [1.29, 1.82) is 0 Å². The first-order valence-electron chi connectivity index (χ1n) is 21.6. The molecule has 0 aliphatic rings. The zero-order valence-electron chi connectivity index (χ0n) is 35.3. The van der Waals surface area contributed by atoms with E-state index in [1.165, 1.54) is 11.1 Å². The van der Waals surface area contributed by atoms with E-state index in [0.29, 0.717) is 0 Å². The highest BCUT2D eigenvalue weighted by atomic mass is 15.2. The molecule has 0 heterocycles. The van der Waals surface area contributed by atoms with E-state index in [0.717, 1.165) is 81.1 Å². The van der Waals surface area contributed by atoms with Gasteiger partial charge >= 0.3 is 0 Å². The maximum absolute atomic E-state index is 2.34. The number of aryl methyl sites for hydroxylation is 2. The van der Waals surface area contributed by atoms with Crippen molar-refractivity contribution in [2.75, 3.05) is 19.6 Å². The van der Waals surface area contributed by atoms with Crippen LogP contribution in [-0.2, 0) is 12.8 Å². The lowest BCUT2D eigenvalue weighted by molar-refractivity contribution is 1.13. The summed E-state index contributed by atoms with van der Waals surface area (Å²) in [6.45, 7) is 4.41. The smallest absolute Gasteiger partial charge is 0.0482 e. The van der Waals surface area contributed by atoms with Crippen LogP contribution in [0.1, 0.15) is 25.0 Å². The van der Waals surface area contributed by atoms with Crippen molar-refractivity contribution >= 4 is 68.2 Å². The maximum atomic E-state index is 2.34. The minimum absolute atomic E-state index is 0.981. The molecule has 0 aromatic heterocycles. The number of para-hydroxylation sites is 4. The van der Waals surface area contributed by atoms with Gasteiger partial charge in [0.1, 0.15) is 0 Å². The minimum atomic E-state index is 0.981. The molecule has 62 heavy (non-hydrogen) atoms. The van der Waals surface area contributed by atoms with E-state index < -0.39 is 0 Å². The first-order valence-corrected chi connectivity index (χ1v) is 21.6. The molecule has 9 aromatic rings. The summed E-state index contributed by atoms with van der Waals surface area (Å²) in [7, 11) is 0. The Morgan fingerprint density at radius 2 is 0.419 bits per heavy atom. The summed E-state index contributed by atoms with van der Waals surface area (Å²) in [5.41, 5.74) is 15.7. The molecule has 0 bridgehead atoms. The third kappa shape index (κ3) is 8.58. The molecule has 0 atom stereocenters. The van der Waals surface area contributed by atoms with Crippen LogP contribution in [-0.4, -0.2) is 0 Å². The number of benzene rings is 9. The normalized spacial score (nSPS) is 10.9. The van der Waals surface area contributed by atoms with Crippen LogP contribution < -0.4 is 19.6 Å². The standard InChI is InChI=1S/C58H50N4/c1-3-45-20-17-30-55(42-45)59(47-22-9-5-10-23-47)51-34-38-53(39-35-51)61(49-26-13-7-14-27-49)57-32-19-33-58(44-57)62(50-28-15-8-16-29-50)54-40-36-52(37-41-54)60(48-24-11-6-12-25-48)56-31-18-21-46(4-2)43-56/h5-44H,3-4H2,1-2H3. The Morgan fingerprint density at radius 1 is 0.210 bits per heavy atom. The van der Waals surface area contributed by atoms with Crippen molar-refractivity contribution in [1.82, 2.24) is 0 Å². The summed E-state index contributed by atoms with van der Waals surface area (Å²) in [5.74, 6) is 0. The lowest BCUT2D eigenvalue weighted by atomic mass is 10.1. The lowest BCUT2D eigenvalue weighted by Gasteiger charge is -2.31. The predicted octanol–water partition coefficient (Wildman–Crippen LogP) is 16.7. The highest BCUT2D eigenvalue weighted by Gasteiger charge is 2.20. The zero-order valence-corrected chi connectivity index (χ0v) is 35.3. The molecule has 0 aliphatic carbocycles. The topological polar surface area (TPSA) is 13.0 Å². The fourth-order valence-corrected chi connectivity index (χ4v) is 8.20. The Bertz CT molecular complexity index is 2620. The second kappa shape index (κ2) is 18.6. The molecular weight excluding hydrogens is 753 g/mol. The van der Waals surface area contributed by atoms with Crippen LogP contribution in [0.15, 0.2) is 243 Å². The van der Waals surface area contributed by atoms with Crippen LogP contribution in [0.4, 0.5) is 68.2 Å². The highest BCUT2D eigenvalue weighted by Crippen LogP contribution is 2.43. The van der Waals surface area contributed by atoms with Crippen molar-refractivity contribution in [3.05, 3.63) is 254 Å². The fourth-order valence-electron chi connectivity index (χ4n) is 8.20. The summed E-state index contributed by atoms with van der Waals surface area (Å²) in [4.78, 5) is 9.35. The van der Waals surface area contributed by atoms with E-state index in [-0.39, 0.29) is 0 Å². The average Bonchev–Trinajstić information content (AvgIpc) is 3.34. The number of hydrogen-bond donors (Lipinski definition) is 0. The monoisotopic (exact) mass is 802 g/mol. The van der Waals surface area contributed by atoms with Crippen molar-refractivity contribution in [2.45, 2.75) is 26.7 Å². The second-order valence-corrected chi connectivity index (χ2v) is 15.3. The third-order valence-electron chi connectivity index (χ3n) is 11.3. The minimum Gasteiger partial charge on any atom is -0.310 e. The molecule has 9 aromatic carbocycles. The molecule has 302 valence electrons. The quantitative estimate of drug-likeness (QED) is 0.109. The van der Waals surface area contributed by atoms with E-state index in [1.807, 2.05) is 0 Å². The lowest BCUT2D eigenvalue weighted by Crippen LogP contribution is -2.14. The van der Waals surface area contributed by atoms with Crippen LogP contribution in [0.25, 0.3) is 0 Å². The summed E-state index contributed by atoms with van der Waals surface area (Å²) in [6, 6.07) is 86.9. The molecule has 0 fully saturated rings. The van der Waals surface area contributed by atoms with Crippen molar-refractivity contribution in [3.8, 4) is 0 Å². The number of anilines is 12. The van der Waals surface area contributed by atoms with Crippen LogP contribution in [0.5, 0.6) is 0 Å². The number of rotatable bonds is 14. The van der Waals surface area contributed by atoms with Gasteiger partial charge in [-0.2, -0.15) is 0 Å². The molecule has 0 radical (unpaired) electrons. The Hall–Kier alpha value is -7.82. The molecule has 0 unspecified atom stereocenters. The SMILES string of the molecule is CCc1cccc(N(c2ccccc2)c2ccc(N(c3ccccc3)c3cccc(N(c4ccccc4)c4ccc(N(c5ccccc5)c5cccc(CC)c5)cc4)c3)cc2)c1. The molecule has 0 saturated heterocycles. The summed E-state index contributed by atoms with van der Waals surface area (Å²) < 4.78 is 0. The molecule has 0 amide bonds. The number of hydrogen-bond acceptors (Lipinski definition) is 4. The van der Waals surface area contributed by atoms with Gasteiger partial charge in [-0.15, -0.1) is 0 Å². The predicted molar refractivity (Wildman–Crippen MR) is 264 cm³/mol. The van der Waals surface area contributed by atoms with E-state index in [1.54, 1.807) is 0 Å². The fraction of sp³-hybridized carbons (Fsp3) is 0.0690. The molecule has 4 nitrogen and oxygen atoms in total. The van der Waals surface area contributed by atoms with E-state index in [2.05, 4.69) is 276 Å². The summed E-state index contributed by atoms with van der Waals surface area (Å²) in [6.07, 6.45) is 1.96. The van der Waals surface area contributed by atoms with Gasteiger partial charge in [0, 0.05) is 68.2 Å². The molecule has 0 saturated carbocycles. The first kappa shape index (κ1) is 39.6. The zero-order chi connectivity index (χ0) is 42.1. The van der Waals surface area contributed by atoms with Crippen LogP contribution in [0.3, 0.4) is 0 Å². The van der Waals surface area contributed by atoms with E-state index in [9.17, 15) is 0 Å². The molecule has 9 rings (SSSR count). The Morgan fingerprint density at radius 3 is 0.677 bits per heavy atom. The average molecular weight is 803 g/mol. The molecule has 4 heteroatoms. The van der Waals surface area contributed by atoms with Gasteiger partial charge in [-0.25, -0.2) is 0 Å². The van der Waals surface area contributed by atoms with Crippen LogP contribution >= 0.6 is 0 Å². The third-order valence-corrected chi connectivity index (χ3v) is 11.3. The van der Waals surface area contributed by atoms with Gasteiger partial charge in [-0.1, -0.05) is 117 Å². The van der Waals surface area contributed by atoms with Gasteiger partial charge < -0.3 is 19.6 Å². The molecule has 0 N–H and O–H groups in total. The first-order chi connectivity index (χ1) is 30.7. The van der Waals surface area contributed by atoms with Crippen molar-refractivity contribution in [3.63, 3.8) is 0 Å². The van der Waals surface area contributed by atoms with Crippen molar-refractivity contribution in [2.24, 2.45) is 0 Å². The van der Waals surface area contributed by atoms with Gasteiger partial charge in [0.25, 0.3) is 0 Å². The summed E-state index contributed by atoms with van der Waals surface area (Å²) >= 11 is 0. The van der Waals surface area contributed by atoms with E-state index >= 15 is 0 Å². The van der Waals surface area contributed by atoms with Crippen LogP contribution in [0.2, 0.25) is 0 Å². The van der Waals surface area contributed by atoms with Gasteiger partial charge in [0.2, 0.25) is 0 Å². The second-order valence-electron chi connectivity index (χ2n) is 15.3. The molecular formula is C58H50N4. The largest absolute Gasteiger partial charge is 0.310 e. The van der Waals surface area contributed by atoms with E-state index in [4.69, 9.17) is 0 Å². The van der Waals surface area contributed by atoms with Gasteiger partial charge in [0.15, 0.2) is 0 Å². The van der Waals surface area contributed by atoms with Gasteiger partial charge in [-0.05, 0) is 163 Å². The molecule has 0 aliphatic heterocycles. The number of nitrogens with zero attached hydrogens (tertiary/aromatic N) is 4.